The fourth-order valence-corrected chi connectivity index (χ4v) is 1.13. The van der Waals surface area contributed by atoms with Crippen LogP contribution in [0, 0.1) is 0 Å². The number of carbonyl (C=O) groups excluding carboxylic acids is 1. The van der Waals surface area contributed by atoms with Crippen LogP contribution in [0.25, 0.3) is 0 Å². The van der Waals surface area contributed by atoms with Crippen LogP contribution in [-0.4, -0.2) is 53.5 Å². The molecule has 8 heteroatoms. The Hall–Kier alpha value is -1.12. The lowest BCUT2D eigenvalue weighted by atomic mass is 10.2. The lowest BCUT2D eigenvalue weighted by molar-refractivity contribution is 0.169. The molecule has 1 atom stereocenters. The molecule has 1 unspecified atom stereocenters. The number of likely N-dealkylation sites (N-methyl/N-ethyl adjacent to an activating group) is 1. The molecule has 1 aliphatic heterocycles. The van der Waals surface area contributed by atoms with Gasteiger partial charge in [0.2, 0.25) is 0 Å². The van der Waals surface area contributed by atoms with Crippen LogP contribution in [0.2, 0.25) is 0 Å². The summed E-state index contributed by atoms with van der Waals surface area (Å²) in [7, 11) is -1.07. The van der Waals surface area contributed by atoms with Gasteiger partial charge in [-0.3, -0.25) is 9.11 Å². The molecule has 0 aromatic rings. The summed E-state index contributed by atoms with van der Waals surface area (Å²) in [4.78, 5) is 14.7. The zero-order valence-electron chi connectivity index (χ0n) is 9.58. The summed E-state index contributed by atoms with van der Waals surface area (Å²) >= 11 is 0. The zero-order valence-corrected chi connectivity index (χ0v) is 10.4. The summed E-state index contributed by atoms with van der Waals surface area (Å²) in [6.07, 6.45) is 2.07. The molecular weight excluding hydrogens is 236 g/mol. The van der Waals surface area contributed by atoms with Gasteiger partial charge in [-0.15, -0.1) is 0 Å². The maximum Gasteiger partial charge on any atom is 0.394 e. The topological polar surface area (TPSA) is 98.2 Å². The Morgan fingerprint density at radius 1 is 1.31 bits per heavy atom. The Morgan fingerprint density at radius 3 is 2.06 bits per heavy atom. The van der Waals surface area contributed by atoms with E-state index in [9.17, 15) is 4.79 Å². The monoisotopic (exact) mass is 252 g/mol. The average molecular weight is 252 g/mol. The molecule has 0 fully saturated rings. The number of allylic oxidation sites excluding steroid dienone is 1. The summed E-state index contributed by atoms with van der Waals surface area (Å²) in [5, 5.41) is 0. The van der Waals surface area contributed by atoms with Gasteiger partial charge in [0.05, 0.1) is 6.04 Å². The van der Waals surface area contributed by atoms with Crippen molar-refractivity contribution in [3.05, 3.63) is 11.8 Å². The SMILES string of the molecule is CC1=CC(C)N(C)C(=O)N1C.O=S(=O)(O)O. The van der Waals surface area contributed by atoms with Gasteiger partial charge in [-0.2, -0.15) is 8.42 Å². The van der Waals surface area contributed by atoms with E-state index in [1.807, 2.05) is 20.9 Å². The standard InChI is InChI=1S/C8H14N2O.H2O4S/c1-6-5-7(2)10(4)8(11)9(6)3;1-5(2,3)4/h5-6H,1-4H3;(H2,1,2,3,4). The molecule has 0 aromatic carbocycles. The first-order chi connectivity index (χ1) is 7.04. The molecule has 94 valence electrons. The molecule has 0 saturated carbocycles. The molecule has 16 heavy (non-hydrogen) atoms. The molecule has 2 N–H and O–H groups in total. The summed E-state index contributed by atoms with van der Waals surface area (Å²) < 4.78 is 31.6. The van der Waals surface area contributed by atoms with Crippen molar-refractivity contribution in [3.8, 4) is 0 Å². The second-order valence-corrected chi connectivity index (χ2v) is 4.34. The summed E-state index contributed by atoms with van der Waals surface area (Å²) in [5.74, 6) is 0. The molecule has 0 saturated heterocycles. The van der Waals surface area contributed by atoms with Crippen molar-refractivity contribution in [1.82, 2.24) is 9.80 Å². The molecule has 1 rings (SSSR count). The van der Waals surface area contributed by atoms with Crippen molar-refractivity contribution in [2.45, 2.75) is 19.9 Å². The van der Waals surface area contributed by atoms with Crippen molar-refractivity contribution < 1.29 is 22.3 Å². The fraction of sp³-hybridized carbons (Fsp3) is 0.625. The highest BCUT2D eigenvalue weighted by Gasteiger charge is 2.23. The predicted molar refractivity (Wildman–Crippen MR) is 58.3 cm³/mol. The lowest BCUT2D eigenvalue weighted by Gasteiger charge is -2.34. The van der Waals surface area contributed by atoms with Crippen LogP contribution >= 0.6 is 0 Å². The van der Waals surface area contributed by atoms with E-state index in [1.54, 1.807) is 16.8 Å². The van der Waals surface area contributed by atoms with E-state index >= 15 is 0 Å². The third-order valence-electron chi connectivity index (χ3n) is 2.21. The van der Waals surface area contributed by atoms with Crippen molar-refractivity contribution in [2.24, 2.45) is 0 Å². The van der Waals surface area contributed by atoms with E-state index < -0.39 is 10.4 Å². The van der Waals surface area contributed by atoms with Crippen LogP contribution < -0.4 is 0 Å². The lowest BCUT2D eigenvalue weighted by Crippen LogP contribution is -2.45. The van der Waals surface area contributed by atoms with Gasteiger partial charge in [0.15, 0.2) is 0 Å². The first kappa shape index (κ1) is 14.9. The number of carbonyl (C=O) groups is 1. The largest absolute Gasteiger partial charge is 0.394 e. The molecule has 0 radical (unpaired) electrons. The first-order valence-corrected chi connectivity index (χ1v) is 5.82. The van der Waals surface area contributed by atoms with Crippen molar-refractivity contribution in [2.75, 3.05) is 14.1 Å². The average Bonchev–Trinajstić information content (AvgIpc) is 2.09. The Kier molecular flexibility index (Phi) is 4.91. The molecule has 1 heterocycles. The number of amides is 2. The van der Waals surface area contributed by atoms with E-state index in [0.717, 1.165) is 5.70 Å². The van der Waals surface area contributed by atoms with E-state index in [0.29, 0.717) is 0 Å². The zero-order chi connectivity index (χ0) is 13.1. The van der Waals surface area contributed by atoms with Crippen molar-refractivity contribution in [1.29, 1.82) is 0 Å². The van der Waals surface area contributed by atoms with Gasteiger partial charge < -0.3 is 9.80 Å². The number of nitrogens with zero attached hydrogens (tertiary/aromatic N) is 2. The van der Waals surface area contributed by atoms with E-state index in [-0.39, 0.29) is 12.1 Å². The smallest absolute Gasteiger partial charge is 0.321 e. The fourth-order valence-electron chi connectivity index (χ4n) is 1.13. The van der Waals surface area contributed by atoms with Crippen LogP contribution in [0.3, 0.4) is 0 Å². The van der Waals surface area contributed by atoms with Gasteiger partial charge in [0.25, 0.3) is 0 Å². The predicted octanol–water partition coefficient (Wildman–Crippen LogP) is 0.623. The number of urea groups is 1. The normalized spacial score (nSPS) is 21.2. The quantitative estimate of drug-likeness (QED) is 0.616. The van der Waals surface area contributed by atoms with Crippen LogP contribution in [-0.2, 0) is 10.4 Å². The minimum Gasteiger partial charge on any atom is -0.321 e. The Bertz CT molecular complexity index is 381. The summed E-state index contributed by atoms with van der Waals surface area (Å²) in [6, 6.07) is 0.288. The van der Waals surface area contributed by atoms with Crippen LogP contribution in [0.1, 0.15) is 13.8 Å². The van der Waals surface area contributed by atoms with Gasteiger partial charge >= 0.3 is 16.4 Å². The third kappa shape index (κ3) is 5.10. The number of hydrogen-bond acceptors (Lipinski definition) is 3. The minimum absolute atomic E-state index is 0.0671. The molecule has 0 aromatic heterocycles. The molecule has 1 aliphatic rings. The highest BCUT2D eigenvalue weighted by Crippen LogP contribution is 2.14. The summed E-state index contributed by atoms with van der Waals surface area (Å²) in [6.45, 7) is 3.95. The molecule has 0 bridgehead atoms. The number of hydrogen-bond donors (Lipinski definition) is 2. The maximum atomic E-state index is 11.4. The number of rotatable bonds is 0. The molecule has 0 aliphatic carbocycles. The molecule has 2 amide bonds. The highest BCUT2D eigenvalue weighted by molar-refractivity contribution is 7.79. The second kappa shape index (κ2) is 5.28. The van der Waals surface area contributed by atoms with Crippen LogP contribution in [0.5, 0.6) is 0 Å². The Morgan fingerprint density at radius 2 is 1.69 bits per heavy atom. The Labute approximate surface area is 94.9 Å². The molecular formula is C8H16N2O5S. The van der Waals surface area contributed by atoms with Gasteiger partial charge in [-0.25, -0.2) is 4.79 Å². The van der Waals surface area contributed by atoms with Gasteiger partial charge in [0, 0.05) is 19.8 Å². The first-order valence-electron chi connectivity index (χ1n) is 4.43. The van der Waals surface area contributed by atoms with Crippen LogP contribution in [0.15, 0.2) is 11.8 Å². The van der Waals surface area contributed by atoms with Gasteiger partial charge in [-0.1, -0.05) is 0 Å². The van der Waals surface area contributed by atoms with Gasteiger partial charge in [0.1, 0.15) is 0 Å². The Balaban J connectivity index is 0.000000385. The molecule has 0 spiro atoms. The van der Waals surface area contributed by atoms with E-state index in [4.69, 9.17) is 17.5 Å². The third-order valence-corrected chi connectivity index (χ3v) is 2.21. The van der Waals surface area contributed by atoms with Crippen molar-refractivity contribution in [3.63, 3.8) is 0 Å². The minimum atomic E-state index is -4.67. The van der Waals surface area contributed by atoms with Crippen LogP contribution in [0.4, 0.5) is 4.79 Å². The summed E-state index contributed by atoms with van der Waals surface area (Å²) in [5.41, 5.74) is 1.03. The van der Waals surface area contributed by atoms with Gasteiger partial charge in [-0.05, 0) is 19.9 Å². The highest BCUT2D eigenvalue weighted by atomic mass is 32.3. The second-order valence-electron chi connectivity index (χ2n) is 3.45. The van der Waals surface area contributed by atoms with Crippen molar-refractivity contribution >= 4 is 16.4 Å². The molecule has 7 nitrogen and oxygen atoms in total. The maximum absolute atomic E-state index is 11.4. The van der Waals surface area contributed by atoms with E-state index in [1.165, 1.54) is 0 Å². The van der Waals surface area contributed by atoms with E-state index in [2.05, 4.69) is 6.08 Å².